The number of benzene rings is 1. The number of ether oxygens (including phenoxy) is 1. The number of nitrogens with one attached hydrogen (secondary N) is 1. The molecule has 0 radical (unpaired) electrons. The van der Waals surface area contributed by atoms with Crippen LogP contribution >= 0.6 is 0 Å². The standard InChI is InChI=1S/C17H21NO3/c1-13-6-7-15(14(11-13)5-3-9-19)16(20)18-12-17(2)8-4-10-21-17/h6-7,11,19H,4,8-10,12H2,1-2H3,(H,18,20). The fourth-order valence-corrected chi connectivity index (χ4v) is 2.43. The number of rotatable bonds is 3. The quantitative estimate of drug-likeness (QED) is 0.831. The minimum absolute atomic E-state index is 0.158. The van der Waals surface area contributed by atoms with E-state index in [2.05, 4.69) is 17.2 Å². The molecule has 1 aliphatic rings. The summed E-state index contributed by atoms with van der Waals surface area (Å²) in [6.07, 6.45) is 1.99. The van der Waals surface area contributed by atoms with Gasteiger partial charge >= 0.3 is 0 Å². The zero-order valence-corrected chi connectivity index (χ0v) is 12.5. The fraction of sp³-hybridized carbons (Fsp3) is 0.471. The van der Waals surface area contributed by atoms with Crippen LogP contribution in [0.2, 0.25) is 0 Å². The summed E-state index contributed by atoms with van der Waals surface area (Å²) in [4.78, 5) is 12.3. The summed E-state index contributed by atoms with van der Waals surface area (Å²) in [5.74, 6) is 5.26. The van der Waals surface area contributed by atoms with Crippen LogP contribution in [0.15, 0.2) is 18.2 Å². The molecule has 1 unspecified atom stereocenters. The zero-order chi connectivity index (χ0) is 15.3. The molecule has 2 N–H and O–H groups in total. The Balaban J connectivity index is 2.11. The molecule has 1 fully saturated rings. The molecular weight excluding hydrogens is 266 g/mol. The maximum Gasteiger partial charge on any atom is 0.252 e. The van der Waals surface area contributed by atoms with Crippen molar-refractivity contribution in [3.63, 3.8) is 0 Å². The van der Waals surface area contributed by atoms with Crippen LogP contribution in [-0.2, 0) is 4.74 Å². The van der Waals surface area contributed by atoms with Gasteiger partial charge in [0.05, 0.1) is 11.2 Å². The topological polar surface area (TPSA) is 58.6 Å². The predicted molar refractivity (Wildman–Crippen MR) is 81.1 cm³/mol. The smallest absolute Gasteiger partial charge is 0.252 e. The van der Waals surface area contributed by atoms with Crippen molar-refractivity contribution < 1.29 is 14.6 Å². The Kier molecular flexibility index (Phi) is 5.00. The van der Waals surface area contributed by atoms with Crippen molar-refractivity contribution in [1.82, 2.24) is 5.32 Å². The molecule has 2 rings (SSSR count). The van der Waals surface area contributed by atoms with Crippen LogP contribution in [-0.4, -0.2) is 36.4 Å². The first-order chi connectivity index (χ1) is 10.0. The van der Waals surface area contributed by atoms with E-state index in [1.165, 1.54) is 0 Å². The second-order valence-electron chi connectivity index (χ2n) is 5.59. The van der Waals surface area contributed by atoms with Crippen molar-refractivity contribution in [3.05, 3.63) is 34.9 Å². The van der Waals surface area contributed by atoms with Crippen LogP contribution in [0.4, 0.5) is 0 Å². The van der Waals surface area contributed by atoms with Gasteiger partial charge in [0.1, 0.15) is 6.61 Å². The molecule has 1 heterocycles. The summed E-state index contributed by atoms with van der Waals surface area (Å²) in [6.45, 7) is 4.98. The largest absolute Gasteiger partial charge is 0.384 e. The molecule has 1 aliphatic heterocycles. The highest BCUT2D eigenvalue weighted by Gasteiger charge is 2.30. The molecule has 1 aromatic rings. The average Bonchev–Trinajstić information content (AvgIpc) is 2.90. The predicted octanol–water partition coefficient (Wildman–Crippen LogP) is 1.64. The van der Waals surface area contributed by atoms with Crippen molar-refractivity contribution in [2.24, 2.45) is 0 Å². The molecule has 112 valence electrons. The van der Waals surface area contributed by atoms with Crippen LogP contribution in [0.3, 0.4) is 0 Å². The van der Waals surface area contributed by atoms with E-state index in [4.69, 9.17) is 9.84 Å². The van der Waals surface area contributed by atoms with E-state index in [1.54, 1.807) is 6.07 Å². The highest BCUT2D eigenvalue weighted by Crippen LogP contribution is 2.24. The van der Waals surface area contributed by atoms with Crippen molar-refractivity contribution in [3.8, 4) is 11.8 Å². The van der Waals surface area contributed by atoms with Crippen LogP contribution < -0.4 is 5.32 Å². The number of aliphatic hydroxyl groups is 1. The molecule has 0 saturated carbocycles. The van der Waals surface area contributed by atoms with Crippen molar-refractivity contribution >= 4 is 5.91 Å². The lowest BCUT2D eigenvalue weighted by Gasteiger charge is -2.23. The van der Waals surface area contributed by atoms with E-state index in [0.717, 1.165) is 25.0 Å². The lowest BCUT2D eigenvalue weighted by Crippen LogP contribution is -2.40. The average molecular weight is 287 g/mol. The van der Waals surface area contributed by atoms with Gasteiger partial charge in [-0.1, -0.05) is 17.9 Å². The summed E-state index contributed by atoms with van der Waals surface area (Å²) in [7, 11) is 0. The Morgan fingerprint density at radius 1 is 1.52 bits per heavy atom. The van der Waals surface area contributed by atoms with E-state index in [1.807, 2.05) is 26.0 Å². The number of aliphatic hydroxyl groups excluding tert-OH is 1. The van der Waals surface area contributed by atoms with Gasteiger partial charge in [-0.3, -0.25) is 4.79 Å². The SMILES string of the molecule is Cc1ccc(C(=O)NCC2(C)CCCO2)c(C#CCO)c1. The molecule has 0 aliphatic carbocycles. The maximum absolute atomic E-state index is 12.3. The molecule has 1 atom stereocenters. The molecule has 0 aromatic heterocycles. The fourth-order valence-electron chi connectivity index (χ4n) is 2.43. The van der Waals surface area contributed by atoms with Crippen LogP contribution in [0, 0.1) is 18.8 Å². The van der Waals surface area contributed by atoms with Crippen molar-refractivity contribution in [2.75, 3.05) is 19.8 Å². The highest BCUT2D eigenvalue weighted by atomic mass is 16.5. The Labute approximate surface area is 125 Å². The summed E-state index contributed by atoms with van der Waals surface area (Å²) in [6, 6.07) is 5.50. The molecule has 1 amide bonds. The molecule has 0 spiro atoms. The molecule has 4 nitrogen and oxygen atoms in total. The lowest BCUT2D eigenvalue weighted by atomic mass is 10.0. The molecule has 4 heteroatoms. The third-order valence-electron chi connectivity index (χ3n) is 3.65. The second kappa shape index (κ2) is 6.75. The molecule has 1 aromatic carbocycles. The van der Waals surface area contributed by atoms with E-state index in [-0.39, 0.29) is 18.1 Å². The third-order valence-corrected chi connectivity index (χ3v) is 3.65. The van der Waals surface area contributed by atoms with Gasteiger partial charge < -0.3 is 15.2 Å². The van der Waals surface area contributed by atoms with Crippen molar-refractivity contribution in [1.29, 1.82) is 0 Å². The van der Waals surface area contributed by atoms with Crippen LogP contribution in [0.5, 0.6) is 0 Å². The molecular formula is C17H21NO3. The van der Waals surface area contributed by atoms with E-state index in [9.17, 15) is 4.79 Å². The number of hydrogen-bond acceptors (Lipinski definition) is 3. The lowest BCUT2D eigenvalue weighted by molar-refractivity contribution is 0.0206. The van der Waals surface area contributed by atoms with Gasteiger partial charge in [0.2, 0.25) is 0 Å². The summed E-state index contributed by atoms with van der Waals surface area (Å²) >= 11 is 0. The van der Waals surface area contributed by atoms with E-state index in [0.29, 0.717) is 17.7 Å². The third kappa shape index (κ3) is 4.07. The van der Waals surface area contributed by atoms with E-state index >= 15 is 0 Å². The van der Waals surface area contributed by atoms with Gasteiger partial charge in [-0.15, -0.1) is 0 Å². The van der Waals surface area contributed by atoms with Gasteiger partial charge in [0, 0.05) is 18.7 Å². The van der Waals surface area contributed by atoms with Gasteiger partial charge in [-0.05, 0) is 44.4 Å². The number of amides is 1. The first kappa shape index (κ1) is 15.6. The Bertz CT molecular complexity index is 577. The minimum atomic E-state index is -0.267. The minimum Gasteiger partial charge on any atom is -0.384 e. The normalized spacial score (nSPS) is 20.7. The van der Waals surface area contributed by atoms with Crippen molar-refractivity contribution in [2.45, 2.75) is 32.3 Å². The zero-order valence-electron chi connectivity index (χ0n) is 12.5. The summed E-state index contributed by atoms with van der Waals surface area (Å²) in [5, 5.41) is 11.7. The molecule has 0 bridgehead atoms. The number of carbonyl (C=O) groups excluding carboxylic acids is 1. The highest BCUT2D eigenvalue weighted by molar-refractivity contribution is 5.96. The maximum atomic E-state index is 12.3. The van der Waals surface area contributed by atoms with Gasteiger partial charge in [-0.2, -0.15) is 0 Å². The van der Waals surface area contributed by atoms with Crippen LogP contribution in [0.25, 0.3) is 0 Å². The Morgan fingerprint density at radius 3 is 3.00 bits per heavy atom. The first-order valence-electron chi connectivity index (χ1n) is 7.17. The van der Waals surface area contributed by atoms with Gasteiger partial charge in [-0.25, -0.2) is 0 Å². The van der Waals surface area contributed by atoms with Gasteiger partial charge in [0.25, 0.3) is 5.91 Å². The van der Waals surface area contributed by atoms with Crippen LogP contribution in [0.1, 0.15) is 41.3 Å². The molecule has 21 heavy (non-hydrogen) atoms. The Hall–Kier alpha value is -1.83. The number of aryl methyl sites for hydroxylation is 1. The number of carbonyl (C=O) groups is 1. The summed E-state index contributed by atoms with van der Waals surface area (Å²) in [5.41, 5.74) is 1.93. The second-order valence-corrected chi connectivity index (χ2v) is 5.59. The molecule has 1 saturated heterocycles. The Morgan fingerprint density at radius 2 is 2.33 bits per heavy atom. The monoisotopic (exact) mass is 287 g/mol. The van der Waals surface area contributed by atoms with Gasteiger partial charge in [0.15, 0.2) is 0 Å². The van der Waals surface area contributed by atoms with E-state index < -0.39 is 0 Å². The summed E-state index contributed by atoms with van der Waals surface area (Å²) < 4.78 is 5.67. The first-order valence-corrected chi connectivity index (χ1v) is 7.17. The number of hydrogen-bond donors (Lipinski definition) is 2.